The number of amides is 1. The largest absolute Gasteiger partial charge is 0.394 e. The summed E-state index contributed by atoms with van der Waals surface area (Å²) in [7, 11) is 0. The summed E-state index contributed by atoms with van der Waals surface area (Å²) in [6, 6.07) is 7.85. The van der Waals surface area contributed by atoms with Crippen LogP contribution in [0.5, 0.6) is 0 Å². The van der Waals surface area contributed by atoms with Gasteiger partial charge in [-0.2, -0.15) is 0 Å². The zero-order valence-corrected chi connectivity index (χ0v) is 17.2. The van der Waals surface area contributed by atoms with E-state index in [1.54, 1.807) is 24.3 Å². The lowest BCUT2D eigenvalue weighted by Crippen LogP contribution is -2.26. The topological polar surface area (TPSA) is 112 Å². The standard InChI is InChI=1S/C18H18F2IN3O5/c19-15-11(10-22-28-7-5-25)9-14(18(27)24-29-8-6-26)17(16(15)20)23-13-3-1-12(21)2-4-13/h1-4,9-10,23,25-26H,5-8H2,(H,24,27)/b22-10+. The molecule has 2 rings (SSSR count). The summed E-state index contributed by atoms with van der Waals surface area (Å²) < 4.78 is 30.2. The predicted molar refractivity (Wildman–Crippen MR) is 110 cm³/mol. The van der Waals surface area contributed by atoms with Crippen molar-refractivity contribution in [2.45, 2.75) is 0 Å². The number of nitrogens with one attached hydrogen (secondary N) is 2. The number of halogens is 3. The molecule has 2 aromatic carbocycles. The second-order valence-corrected chi connectivity index (χ2v) is 6.69. The van der Waals surface area contributed by atoms with Gasteiger partial charge in [-0.25, -0.2) is 14.3 Å². The molecule has 4 N–H and O–H groups in total. The predicted octanol–water partition coefficient (Wildman–Crippen LogP) is 2.31. The molecule has 0 bridgehead atoms. The Balaban J connectivity index is 2.42. The summed E-state index contributed by atoms with van der Waals surface area (Å²) in [6.07, 6.45) is 0.883. The summed E-state index contributed by atoms with van der Waals surface area (Å²) in [4.78, 5) is 21.8. The molecule has 1 amide bonds. The van der Waals surface area contributed by atoms with Gasteiger partial charge in [0.15, 0.2) is 11.6 Å². The zero-order valence-electron chi connectivity index (χ0n) is 15.0. The van der Waals surface area contributed by atoms with Crippen molar-refractivity contribution >= 4 is 46.1 Å². The van der Waals surface area contributed by atoms with Crippen LogP contribution in [-0.2, 0) is 9.68 Å². The number of aliphatic hydroxyl groups is 2. The van der Waals surface area contributed by atoms with E-state index in [4.69, 9.17) is 15.1 Å². The first kappa shape index (κ1) is 22.9. The minimum Gasteiger partial charge on any atom is -0.394 e. The monoisotopic (exact) mass is 521 g/mol. The molecule has 0 aliphatic heterocycles. The van der Waals surface area contributed by atoms with E-state index in [9.17, 15) is 13.6 Å². The molecule has 11 heteroatoms. The Kier molecular flexibility index (Phi) is 9.18. The second-order valence-electron chi connectivity index (χ2n) is 5.44. The van der Waals surface area contributed by atoms with Crippen molar-refractivity contribution in [3.8, 4) is 0 Å². The molecule has 0 aromatic heterocycles. The molecule has 0 fully saturated rings. The maximum atomic E-state index is 14.8. The normalized spacial score (nSPS) is 10.9. The van der Waals surface area contributed by atoms with Crippen LogP contribution >= 0.6 is 22.6 Å². The summed E-state index contributed by atoms with van der Waals surface area (Å²) in [5.74, 6) is -3.42. The fourth-order valence-corrected chi connectivity index (χ4v) is 2.48. The van der Waals surface area contributed by atoms with Crippen molar-refractivity contribution in [2.75, 3.05) is 31.7 Å². The number of carbonyl (C=O) groups is 1. The van der Waals surface area contributed by atoms with Gasteiger partial charge < -0.3 is 20.4 Å². The van der Waals surface area contributed by atoms with E-state index in [1.165, 1.54) is 0 Å². The van der Waals surface area contributed by atoms with Crippen molar-refractivity contribution in [3.05, 3.63) is 56.7 Å². The highest BCUT2D eigenvalue weighted by Crippen LogP contribution is 2.29. The quantitative estimate of drug-likeness (QED) is 0.165. The molecule has 8 nitrogen and oxygen atoms in total. The summed E-state index contributed by atoms with van der Waals surface area (Å²) in [5.41, 5.74) is 1.47. The first-order valence-corrected chi connectivity index (χ1v) is 9.39. The van der Waals surface area contributed by atoms with Gasteiger partial charge in [0.05, 0.1) is 37.3 Å². The third-order valence-electron chi connectivity index (χ3n) is 3.40. The van der Waals surface area contributed by atoms with Crippen LogP contribution in [0.15, 0.2) is 35.5 Å². The maximum absolute atomic E-state index is 14.8. The molecule has 0 atom stereocenters. The number of hydrogen-bond acceptors (Lipinski definition) is 7. The minimum atomic E-state index is -1.30. The number of nitrogens with zero attached hydrogens (tertiary/aromatic N) is 1. The smallest absolute Gasteiger partial charge is 0.277 e. The fraction of sp³-hybridized carbons (Fsp3) is 0.222. The van der Waals surface area contributed by atoms with Gasteiger partial charge in [-0.1, -0.05) is 5.16 Å². The lowest BCUT2D eigenvalue weighted by atomic mass is 10.1. The van der Waals surface area contributed by atoms with Crippen molar-refractivity contribution in [2.24, 2.45) is 5.16 Å². The van der Waals surface area contributed by atoms with Crippen LogP contribution in [0.2, 0.25) is 0 Å². The van der Waals surface area contributed by atoms with Crippen LogP contribution in [0.4, 0.5) is 20.2 Å². The van der Waals surface area contributed by atoms with Crippen LogP contribution in [0.25, 0.3) is 0 Å². The molecule has 0 saturated carbocycles. The van der Waals surface area contributed by atoms with Gasteiger partial charge in [0.1, 0.15) is 6.61 Å². The van der Waals surface area contributed by atoms with Crippen LogP contribution in [0.1, 0.15) is 15.9 Å². The van der Waals surface area contributed by atoms with Crippen molar-refractivity contribution in [3.63, 3.8) is 0 Å². The molecule has 156 valence electrons. The van der Waals surface area contributed by atoms with Gasteiger partial charge in [-0.15, -0.1) is 0 Å². The second kappa shape index (κ2) is 11.6. The van der Waals surface area contributed by atoms with Gasteiger partial charge in [0, 0.05) is 14.8 Å². The molecule has 2 aromatic rings. The number of hydroxylamine groups is 1. The summed E-state index contributed by atoms with van der Waals surface area (Å²) in [5, 5.41) is 23.5. The molecular formula is C18H18F2IN3O5. The number of oxime groups is 1. The number of benzene rings is 2. The van der Waals surface area contributed by atoms with E-state index in [2.05, 4.69) is 37.9 Å². The van der Waals surface area contributed by atoms with Gasteiger partial charge in [0.2, 0.25) is 0 Å². The SMILES string of the molecule is O=C(NOCCO)c1cc(/C=N/OCCO)c(F)c(F)c1Nc1ccc(I)cc1. The zero-order chi connectivity index (χ0) is 21.2. The Morgan fingerprint density at radius 1 is 1.14 bits per heavy atom. The molecule has 0 heterocycles. The Hall–Kier alpha value is -2.35. The van der Waals surface area contributed by atoms with Crippen LogP contribution in [0, 0.1) is 15.2 Å². The molecule has 0 unspecified atom stereocenters. The summed E-state index contributed by atoms with van der Waals surface area (Å²) >= 11 is 2.09. The van der Waals surface area contributed by atoms with E-state index < -0.39 is 23.2 Å². The molecule has 0 saturated heterocycles. The highest BCUT2D eigenvalue weighted by molar-refractivity contribution is 14.1. The van der Waals surface area contributed by atoms with Gasteiger partial charge >= 0.3 is 0 Å². The summed E-state index contributed by atoms with van der Waals surface area (Å²) in [6.45, 7) is -0.956. The minimum absolute atomic E-state index is 0.130. The third kappa shape index (κ3) is 6.59. The van der Waals surface area contributed by atoms with Crippen molar-refractivity contribution in [1.82, 2.24) is 5.48 Å². The first-order chi connectivity index (χ1) is 14.0. The van der Waals surface area contributed by atoms with E-state index in [-0.39, 0.29) is 37.6 Å². The van der Waals surface area contributed by atoms with Crippen LogP contribution in [0.3, 0.4) is 0 Å². The van der Waals surface area contributed by atoms with Gasteiger partial charge in [-0.3, -0.25) is 9.63 Å². The highest BCUT2D eigenvalue weighted by atomic mass is 127. The van der Waals surface area contributed by atoms with E-state index in [0.717, 1.165) is 15.9 Å². The van der Waals surface area contributed by atoms with E-state index in [0.29, 0.717) is 5.69 Å². The number of hydrogen-bond donors (Lipinski definition) is 4. The average Bonchev–Trinajstić information content (AvgIpc) is 2.71. The molecule has 0 aliphatic carbocycles. The Labute approximate surface area is 178 Å². The van der Waals surface area contributed by atoms with Crippen LogP contribution < -0.4 is 10.8 Å². The highest BCUT2D eigenvalue weighted by Gasteiger charge is 2.22. The molecule has 0 aliphatic rings. The number of carbonyl (C=O) groups excluding carboxylic acids is 1. The first-order valence-electron chi connectivity index (χ1n) is 8.31. The fourth-order valence-electron chi connectivity index (χ4n) is 2.12. The number of aliphatic hydroxyl groups excluding tert-OH is 2. The molecule has 29 heavy (non-hydrogen) atoms. The maximum Gasteiger partial charge on any atom is 0.277 e. The molecule has 0 spiro atoms. The van der Waals surface area contributed by atoms with E-state index in [1.807, 2.05) is 5.48 Å². The van der Waals surface area contributed by atoms with Gasteiger partial charge in [-0.05, 0) is 52.9 Å². The van der Waals surface area contributed by atoms with Gasteiger partial charge in [0.25, 0.3) is 5.91 Å². The Morgan fingerprint density at radius 3 is 2.48 bits per heavy atom. The van der Waals surface area contributed by atoms with Crippen LogP contribution in [-0.4, -0.2) is 48.8 Å². The molecular weight excluding hydrogens is 503 g/mol. The molecule has 0 radical (unpaired) electrons. The Morgan fingerprint density at radius 2 is 1.83 bits per heavy atom. The van der Waals surface area contributed by atoms with E-state index >= 15 is 0 Å². The number of anilines is 2. The lowest BCUT2D eigenvalue weighted by molar-refractivity contribution is 0.0168. The third-order valence-corrected chi connectivity index (χ3v) is 4.12. The average molecular weight is 521 g/mol. The Bertz CT molecular complexity index is 866. The van der Waals surface area contributed by atoms with Crippen molar-refractivity contribution in [1.29, 1.82) is 0 Å². The lowest BCUT2D eigenvalue weighted by Gasteiger charge is -2.15. The number of rotatable bonds is 10. The van der Waals surface area contributed by atoms with Crippen molar-refractivity contribution < 1.29 is 33.5 Å².